The van der Waals surface area contributed by atoms with Crippen LogP contribution in [0.15, 0.2) is 60.7 Å². The summed E-state index contributed by atoms with van der Waals surface area (Å²) in [4.78, 5) is 24.6. The average molecular weight is 393 g/mol. The molecule has 144 valence electrons. The summed E-state index contributed by atoms with van der Waals surface area (Å²) in [5, 5.41) is 8.02. The number of hydrogen-bond acceptors (Lipinski definition) is 3. The van der Waals surface area contributed by atoms with E-state index in [4.69, 9.17) is 0 Å². The van der Waals surface area contributed by atoms with Crippen LogP contribution in [0.2, 0.25) is 0 Å². The van der Waals surface area contributed by atoms with E-state index in [9.17, 15) is 9.59 Å². The number of anilines is 2. The van der Waals surface area contributed by atoms with Crippen molar-refractivity contribution < 1.29 is 9.59 Å². The number of fused-ring (bicyclic) bond motifs is 1. The molecule has 0 heterocycles. The Morgan fingerprint density at radius 2 is 1.54 bits per heavy atom. The van der Waals surface area contributed by atoms with E-state index < -0.39 is 0 Å². The van der Waals surface area contributed by atoms with Gasteiger partial charge in [0.15, 0.2) is 0 Å². The van der Waals surface area contributed by atoms with E-state index >= 15 is 0 Å². The Morgan fingerprint density at radius 1 is 0.857 bits per heavy atom. The minimum Gasteiger partial charge on any atom is -0.325 e. The zero-order chi connectivity index (χ0) is 19.9. The molecule has 0 unspecified atom stereocenters. The molecule has 5 heteroatoms. The first-order valence-electron chi connectivity index (χ1n) is 9.32. The Kier molecular flexibility index (Phi) is 6.71. The van der Waals surface area contributed by atoms with Crippen LogP contribution in [0.5, 0.6) is 0 Å². The first-order chi connectivity index (χ1) is 13.6. The second kappa shape index (κ2) is 9.42. The van der Waals surface area contributed by atoms with E-state index in [0.717, 1.165) is 39.7 Å². The van der Waals surface area contributed by atoms with E-state index in [0.29, 0.717) is 0 Å². The third-order valence-electron chi connectivity index (χ3n) is 4.53. The minimum absolute atomic E-state index is 0.0908. The maximum Gasteiger partial charge on any atom is 0.234 e. The molecule has 0 saturated heterocycles. The summed E-state index contributed by atoms with van der Waals surface area (Å²) >= 11 is 1.31. The summed E-state index contributed by atoms with van der Waals surface area (Å²) < 4.78 is 0. The molecule has 0 atom stereocenters. The van der Waals surface area contributed by atoms with Gasteiger partial charge in [0.25, 0.3) is 0 Å². The summed E-state index contributed by atoms with van der Waals surface area (Å²) in [5.41, 5.74) is 3.84. The van der Waals surface area contributed by atoms with Gasteiger partial charge in [0, 0.05) is 16.8 Å². The van der Waals surface area contributed by atoms with Crippen molar-refractivity contribution >= 4 is 45.7 Å². The Bertz CT molecular complexity index is 996. The normalized spacial score (nSPS) is 10.6. The van der Waals surface area contributed by atoms with Crippen LogP contribution in [0, 0.1) is 6.92 Å². The molecule has 2 N–H and O–H groups in total. The highest BCUT2D eigenvalue weighted by Gasteiger charge is 2.11. The second-order valence-corrected chi connectivity index (χ2v) is 7.56. The van der Waals surface area contributed by atoms with E-state index in [2.05, 4.69) is 17.6 Å². The molecule has 3 aromatic rings. The molecular formula is C23H24N2O2S. The largest absolute Gasteiger partial charge is 0.325 e. The van der Waals surface area contributed by atoms with Gasteiger partial charge in [-0.25, -0.2) is 0 Å². The number of thioether (sulfide) groups is 1. The number of para-hydroxylation sites is 1. The quantitative estimate of drug-likeness (QED) is 0.593. The number of carbonyl (C=O) groups excluding carboxylic acids is 2. The number of nitrogens with one attached hydrogen (secondary N) is 2. The predicted octanol–water partition coefficient (Wildman–Crippen LogP) is 5.02. The molecule has 2 amide bonds. The molecule has 0 aromatic heterocycles. The fourth-order valence-corrected chi connectivity index (χ4v) is 3.75. The lowest BCUT2D eigenvalue weighted by Gasteiger charge is -2.13. The van der Waals surface area contributed by atoms with Gasteiger partial charge in [0.2, 0.25) is 11.8 Å². The van der Waals surface area contributed by atoms with Gasteiger partial charge in [0.1, 0.15) is 0 Å². The molecule has 0 aliphatic rings. The van der Waals surface area contributed by atoms with Crippen LogP contribution in [0.4, 0.5) is 11.4 Å². The summed E-state index contributed by atoms with van der Waals surface area (Å²) in [6, 6.07) is 19.8. The summed E-state index contributed by atoms with van der Waals surface area (Å²) in [7, 11) is 0. The highest BCUT2D eigenvalue weighted by molar-refractivity contribution is 8.00. The third kappa shape index (κ3) is 4.93. The van der Waals surface area contributed by atoms with Crippen molar-refractivity contribution in [1.82, 2.24) is 0 Å². The summed E-state index contributed by atoms with van der Waals surface area (Å²) in [5.74, 6) is 0.261. The van der Waals surface area contributed by atoms with Gasteiger partial charge in [-0.3, -0.25) is 9.59 Å². The number of aryl methyl sites for hydroxylation is 2. The Balaban J connectivity index is 1.52. The maximum atomic E-state index is 12.3. The number of rotatable bonds is 7. The monoisotopic (exact) mass is 392 g/mol. The number of benzene rings is 3. The number of hydrogen-bond donors (Lipinski definition) is 2. The van der Waals surface area contributed by atoms with Crippen LogP contribution in [0.3, 0.4) is 0 Å². The number of carbonyl (C=O) groups is 2. The van der Waals surface area contributed by atoms with E-state index in [1.807, 2.05) is 67.6 Å². The van der Waals surface area contributed by atoms with Crippen molar-refractivity contribution in [3.05, 3.63) is 71.8 Å². The highest BCUT2D eigenvalue weighted by Crippen LogP contribution is 2.23. The fourth-order valence-electron chi connectivity index (χ4n) is 3.13. The predicted molar refractivity (Wildman–Crippen MR) is 119 cm³/mol. The van der Waals surface area contributed by atoms with Crippen molar-refractivity contribution in [2.75, 3.05) is 22.1 Å². The fraction of sp³-hybridized carbons (Fsp3) is 0.217. The lowest BCUT2D eigenvalue weighted by molar-refractivity contribution is -0.114. The van der Waals surface area contributed by atoms with Gasteiger partial charge >= 0.3 is 0 Å². The number of amides is 2. The van der Waals surface area contributed by atoms with Crippen molar-refractivity contribution in [3.8, 4) is 0 Å². The van der Waals surface area contributed by atoms with E-state index in [-0.39, 0.29) is 23.3 Å². The van der Waals surface area contributed by atoms with Crippen molar-refractivity contribution in [2.45, 2.75) is 20.3 Å². The molecule has 0 bridgehead atoms. The van der Waals surface area contributed by atoms with Gasteiger partial charge in [0.05, 0.1) is 11.5 Å². The van der Waals surface area contributed by atoms with Gasteiger partial charge in [-0.15, -0.1) is 11.8 Å². The smallest absolute Gasteiger partial charge is 0.234 e. The van der Waals surface area contributed by atoms with Crippen molar-refractivity contribution in [3.63, 3.8) is 0 Å². The molecule has 3 aromatic carbocycles. The molecule has 0 spiro atoms. The SMILES string of the molecule is CCc1cccc(C)c1NC(=O)CSCC(=O)Nc1cccc2ccccc12. The Labute approximate surface area is 169 Å². The Hall–Kier alpha value is -2.79. The lowest BCUT2D eigenvalue weighted by atomic mass is 10.1. The summed E-state index contributed by atoms with van der Waals surface area (Å²) in [6.45, 7) is 4.05. The first kappa shape index (κ1) is 20.0. The minimum atomic E-state index is -0.112. The van der Waals surface area contributed by atoms with Gasteiger partial charge in [-0.2, -0.15) is 0 Å². The van der Waals surface area contributed by atoms with Gasteiger partial charge < -0.3 is 10.6 Å². The lowest BCUT2D eigenvalue weighted by Crippen LogP contribution is -2.19. The van der Waals surface area contributed by atoms with Gasteiger partial charge in [-0.05, 0) is 35.9 Å². The zero-order valence-corrected chi connectivity index (χ0v) is 16.9. The van der Waals surface area contributed by atoms with Crippen LogP contribution >= 0.6 is 11.8 Å². The molecular weight excluding hydrogens is 368 g/mol. The third-order valence-corrected chi connectivity index (χ3v) is 5.47. The van der Waals surface area contributed by atoms with Crippen LogP contribution in [-0.4, -0.2) is 23.3 Å². The molecule has 0 fully saturated rings. The topological polar surface area (TPSA) is 58.2 Å². The summed E-state index contributed by atoms with van der Waals surface area (Å²) in [6.07, 6.45) is 0.859. The van der Waals surface area contributed by atoms with Crippen LogP contribution < -0.4 is 10.6 Å². The molecule has 4 nitrogen and oxygen atoms in total. The molecule has 28 heavy (non-hydrogen) atoms. The molecule has 0 aliphatic heterocycles. The van der Waals surface area contributed by atoms with Crippen molar-refractivity contribution in [2.24, 2.45) is 0 Å². The van der Waals surface area contributed by atoms with Crippen LogP contribution in [0.1, 0.15) is 18.1 Å². The molecule has 0 aliphatic carbocycles. The standard InChI is InChI=1S/C23H24N2O2S/c1-3-17-10-6-8-16(2)23(17)25-22(27)15-28-14-21(26)24-20-13-7-11-18-9-4-5-12-19(18)20/h4-13H,3,14-15H2,1-2H3,(H,24,26)(H,25,27). The van der Waals surface area contributed by atoms with Gasteiger partial charge in [-0.1, -0.05) is 61.5 Å². The molecule has 0 saturated carbocycles. The maximum absolute atomic E-state index is 12.3. The molecule has 0 radical (unpaired) electrons. The highest BCUT2D eigenvalue weighted by atomic mass is 32.2. The van der Waals surface area contributed by atoms with E-state index in [1.54, 1.807) is 0 Å². The molecule has 3 rings (SSSR count). The first-order valence-corrected chi connectivity index (χ1v) is 10.5. The average Bonchev–Trinajstić information content (AvgIpc) is 2.70. The van der Waals surface area contributed by atoms with Crippen LogP contribution in [0.25, 0.3) is 10.8 Å². The Morgan fingerprint density at radius 3 is 2.32 bits per heavy atom. The van der Waals surface area contributed by atoms with E-state index in [1.165, 1.54) is 11.8 Å². The zero-order valence-electron chi connectivity index (χ0n) is 16.1. The van der Waals surface area contributed by atoms with Crippen LogP contribution in [-0.2, 0) is 16.0 Å². The second-order valence-electron chi connectivity index (χ2n) is 6.58. The van der Waals surface area contributed by atoms with Crippen molar-refractivity contribution in [1.29, 1.82) is 0 Å².